The van der Waals surface area contributed by atoms with E-state index >= 15 is 0 Å². The summed E-state index contributed by atoms with van der Waals surface area (Å²) in [4.78, 5) is 16.4. The van der Waals surface area contributed by atoms with Crippen molar-refractivity contribution < 1.29 is 9.53 Å². The van der Waals surface area contributed by atoms with Gasteiger partial charge in [-0.25, -0.2) is 4.98 Å². The molecule has 4 heteroatoms. The Kier molecular flexibility index (Phi) is 5.30. The van der Waals surface area contributed by atoms with Gasteiger partial charge in [-0.15, -0.1) is 11.3 Å². The first-order chi connectivity index (χ1) is 9.74. The third-order valence-corrected chi connectivity index (χ3v) is 4.03. The Balaban J connectivity index is 2.07. The quantitative estimate of drug-likeness (QED) is 0.756. The van der Waals surface area contributed by atoms with Crippen molar-refractivity contribution in [3.63, 3.8) is 0 Å². The van der Waals surface area contributed by atoms with E-state index in [1.165, 1.54) is 0 Å². The van der Waals surface area contributed by atoms with Crippen LogP contribution in [0, 0.1) is 5.92 Å². The number of hydrogen-bond acceptors (Lipinski definition) is 4. The van der Waals surface area contributed by atoms with Crippen molar-refractivity contribution in [2.45, 2.75) is 26.7 Å². The van der Waals surface area contributed by atoms with Crippen LogP contribution in [0.1, 0.15) is 25.3 Å². The Morgan fingerprint density at radius 3 is 2.70 bits per heavy atom. The number of benzene rings is 1. The van der Waals surface area contributed by atoms with Gasteiger partial charge in [0.05, 0.1) is 23.2 Å². The van der Waals surface area contributed by atoms with Crippen molar-refractivity contribution in [2.75, 3.05) is 6.61 Å². The molecule has 1 atom stereocenters. The van der Waals surface area contributed by atoms with Crippen LogP contribution in [0.15, 0.2) is 35.7 Å². The molecule has 0 radical (unpaired) electrons. The Morgan fingerprint density at radius 1 is 1.30 bits per heavy atom. The first-order valence-electron chi connectivity index (χ1n) is 6.91. The van der Waals surface area contributed by atoms with Gasteiger partial charge in [-0.1, -0.05) is 37.3 Å². The summed E-state index contributed by atoms with van der Waals surface area (Å²) in [5.41, 5.74) is 2.09. The molecule has 0 aliphatic rings. The SMILES string of the molecule is CCOC(=O)C(CC)Cc1nc(-c2ccccc2)cs1. The lowest BCUT2D eigenvalue weighted by Crippen LogP contribution is -2.19. The topological polar surface area (TPSA) is 39.2 Å². The molecule has 0 amide bonds. The third-order valence-electron chi connectivity index (χ3n) is 3.16. The molecule has 1 heterocycles. The van der Waals surface area contributed by atoms with Gasteiger partial charge in [0, 0.05) is 17.4 Å². The summed E-state index contributed by atoms with van der Waals surface area (Å²) < 4.78 is 5.10. The van der Waals surface area contributed by atoms with Gasteiger partial charge in [0.25, 0.3) is 0 Å². The molecule has 1 aromatic carbocycles. The van der Waals surface area contributed by atoms with Crippen LogP contribution in [0.5, 0.6) is 0 Å². The highest BCUT2D eigenvalue weighted by Crippen LogP contribution is 2.24. The Hall–Kier alpha value is -1.68. The molecule has 0 spiro atoms. The fourth-order valence-corrected chi connectivity index (χ4v) is 2.90. The van der Waals surface area contributed by atoms with Gasteiger partial charge in [0.1, 0.15) is 0 Å². The molecule has 0 saturated heterocycles. The van der Waals surface area contributed by atoms with E-state index in [-0.39, 0.29) is 11.9 Å². The number of hydrogen-bond donors (Lipinski definition) is 0. The summed E-state index contributed by atoms with van der Waals surface area (Å²) in [6.45, 7) is 4.28. The van der Waals surface area contributed by atoms with E-state index in [1.54, 1.807) is 11.3 Å². The number of nitrogens with zero attached hydrogens (tertiary/aromatic N) is 1. The van der Waals surface area contributed by atoms with E-state index in [9.17, 15) is 4.79 Å². The summed E-state index contributed by atoms with van der Waals surface area (Å²) in [6, 6.07) is 10.1. The minimum Gasteiger partial charge on any atom is -0.466 e. The number of aromatic nitrogens is 1. The second-order valence-corrected chi connectivity index (χ2v) is 5.50. The highest BCUT2D eigenvalue weighted by molar-refractivity contribution is 7.09. The van der Waals surface area contributed by atoms with E-state index in [0.717, 1.165) is 22.7 Å². The minimum absolute atomic E-state index is 0.0928. The molecule has 2 aromatic rings. The molecule has 1 aromatic heterocycles. The van der Waals surface area contributed by atoms with Crippen LogP contribution < -0.4 is 0 Å². The fourth-order valence-electron chi connectivity index (χ4n) is 2.01. The van der Waals surface area contributed by atoms with Crippen LogP contribution in [0.4, 0.5) is 0 Å². The molecule has 0 saturated carbocycles. The lowest BCUT2D eigenvalue weighted by molar-refractivity contribution is -0.148. The van der Waals surface area contributed by atoms with Gasteiger partial charge in [-0.05, 0) is 13.3 Å². The number of carbonyl (C=O) groups excluding carboxylic acids is 1. The summed E-state index contributed by atoms with van der Waals surface area (Å²) in [5, 5.41) is 3.03. The number of esters is 1. The fraction of sp³-hybridized carbons (Fsp3) is 0.375. The average Bonchev–Trinajstić information content (AvgIpc) is 2.94. The normalized spacial score (nSPS) is 12.1. The number of ether oxygens (including phenoxy) is 1. The predicted molar refractivity (Wildman–Crippen MR) is 81.7 cm³/mol. The smallest absolute Gasteiger partial charge is 0.309 e. The number of carbonyl (C=O) groups is 1. The maximum atomic E-state index is 11.8. The van der Waals surface area contributed by atoms with Gasteiger partial charge in [0.15, 0.2) is 0 Å². The van der Waals surface area contributed by atoms with Gasteiger partial charge >= 0.3 is 5.97 Å². The summed E-state index contributed by atoms with van der Waals surface area (Å²) >= 11 is 1.60. The molecular weight excluding hydrogens is 270 g/mol. The van der Waals surface area contributed by atoms with E-state index in [4.69, 9.17) is 4.74 Å². The molecular formula is C16H19NO2S. The van der Waals surface area contributed by atoms with Crippen LogP contribution in [0.2, 0.25) is 0 Å². The number of thiazole rings is 1. The largest absolute Gasteiger partial charge is 0.466 e. The van der Waals surface area contributed by atoms with Crippen LogP contribution in [-0.4, -0.2) is 17.6 Å². The zero-order valence-electron chi connectivity index (χ0n) is 11.8. The predicted octanol–water partition coefficient (Wildman–Crippen LogP) is 3.94. The van der Waals surface area contributed by atoms with E-state index < -0.39 is 0 Å². The lowest BCUT2D eigenvalue weighted by atomic mass is 10.0. The van der Waals surface area contributed by atoms with Gasteiger partial charge in [-0.2, -0.15) is 0 Å². The van der Waals surface area contributed by atoms with Crippen molar-refractivity contribution in [2.24, 2.45) is 5.92 Å². The number of rotatable bonds is 6. The molecule has 3 nitrogen and oxygen atoms in total. The summed E-state index contributed by atoms with van der Waals surface area (Å²) in [7, 11) is 0. The van der Waals surface area contributed by atoms with Crippen LogP contribution in [0.25, 0.3) is 11.3 Å². The molecule has 0 fully saturated rings. The standard InChI is InChI=1S/C16H19NO2S/c1-3-12(16(18)19-4-2)10-15-17-14(11-20-15)13-8-6-5-7-9-13/h5-9,11-12H,3-4,10H2,1-2H3. The van der Waals surface area contributed by atoms with Gasteiger partial charge < -0.3 is 4.74 Å². The monoisotopic (exact) mass is 289 g/mol. The minimum atomic E-state index is -0.119. The Labute approximate surface area is 123 Å². The maximum Gasteiger partial charge on any atom is 0.309 e. The van der Waals surface area contributed by atoms with Gasteiger partial charge in [0.2, 0.25) is 0 Å². The average molecular weight is 289 g/mol. The van der Waals surface area contributed by atoms with Crippen LogP contribution in [0.3, 0.4) is 0 Å². The molecule has 0 N–H and O–H groups in total. The molecule has 0 aliphatic carbocycles. The molecule has 2 rings (SSSR count). The van der Waals surface area contributed by atoms with Crippen molar-refractivity contribution in [1.29, 1.82) is 0 Å². The van der Waals surface area contributed by atoms with E-state index in [1.807, 2.05) is 49.6 Å². The summed E-state index contributed by atoms with van der Waals surface area (Å²) in [5.74, 6) is -0.212. The highest BCUT2D eigenvalue weighted by Gasteiger charge is 2.19. The first-order valence-corrected chi connectivity index (χ1v) is 7.79. The zero-order valence-corrected chi connectivity index (χ0v) is 12.7. The lowest BCUT2D eigenvalue weighted by Gasteiger charge is -2.11. The maximum absolute atomic E-state index is 11.8. The molecule has 106 valence electrons. The zero-order chi connectivity index (χ0) is 14.4. The van der Waals surface area contributed by atoms with E-state index in [0.29, 0.717) is 13.0 Å². The van der Waals surface area contributed by atoms with Crippen LogP contribution in [-0.2, 0) is 16.0 Å². The highest BCUT2D eigenvalue weighted by atomic mass is 32.1. The van der Waals surface area contributed by atoms with Gasteiger partial charge in [-0.3, -0.25) is 4.79 Å². The molecule has 0 bridgehead atoms. The first kappa shape index (κ1) is 14.7. The Bertz CT molecular complexity index is 551. The molecule has 1 unspecified atom stereocenters. The van der Waals surface area contributed by atoms with Crippen molar-refractivity contribution >= 4 is 17.3 Å². The second-order valence-electron chi connectivity index (χ2n) is 4.55. The van der Waals surface area contributed by atoms with Crippen LogP contribution >= 0.6 is 11.3 Å². The van der Waals surface area contributed by atoms with E-state index in [2.05, 4.69) is 4.98 Å². The summed E-state index contributed by atoms with van der Waals surface area (Å²) in [6.07, 6.45) is 1.44. The Morgan fingerprint density at radius 2 is 2.05 bits per heavy atom. The molecule has 0 aliphatic heterocycles. The van der Waals surface area contributed by atoms with Crippen molar-refractivity contribution in [3.05, 3.63) is 40.7 Å². The molecule has 20 heavy (non-hydrogen) atoms. The third kappa shape index (κ3) is 3.67. The second kappa shape index (κ2) is 7.20. The van der Waals surface area contributed by atoms with Crippen molar-refractivity contribution in [3.8, 4) is 11.3 Å². The van der Waals surface area contributed by atoms with Crippen molar-refractivity contribution in [1.82, 2.24) is 4.98 Å².